The van der Waals surface area contributed by atoms with E-state index in [2.05, 4.69) is 15.8 Å². The number of aliphatic imine (C=N–C) groups is 1. The second kappa shape index (κ2) is 8.75. The monoisotopic (exact) mass is 376 g/mol. The Labute approximate surface area is 161 Å². The van der Waals surface area contributed by atoms with Gasteiger partial charge in [0.15, 0.2) is 0 Å². The lowest BCUT2D eigenvalue weighted by Gasteiger charge is -2.40. The molecule has 2 heterocycles. The summed E-state index contributed by atoms with van der Waals surface area (Å²) in [5.74, 6) is 1.23. The van der Waals surface area contributed by atoms with Gasteiger partial charge in [-0.3, -0.25) is 5.41 Å². The van der Waals surface area contributed by atoms with Crippen LogP contribution in [0.4, 0.5) is 0 Å². The number of nitrogens with one attached hydrogen (secondary N) is 3. The van der Waals surface area contributed by atoms with Crippen molar-refractivity contribution >= 4 is 11.7 Å². The summed E-state index contributed by atoms with van der Waals surface area (Å²) < 4.78 is 0. The van der Waals surface area contributed by atoms with Gasteiger partial charge >= 0.3 is 0 Å². The predicted molar refractivity (Wildman–Crippen MR) is 106 cm³/mol. The van der Waals surface area contributed by atoms with Crippen LogP contribution in [-0.2, 0) is 4.84 Å². The maximum atomic E-state index is 10.7. The molecule has 0 unspecified atom stereocenters. The van der Waals surface area contributed by atoms with Crippen molar-refractivity contribution in [2.75, 3.05) is 13.1 Å². The van der Waals surface area contributed by atoms with Crippen LogP contribution in [0.1, 0.15) is 52.4 Å². The largest absolute Gasteiger partial charge is 0.402 e. The number of nitrogens with two attached hydrogens (primary N) is 1. The Bertz CT molecular complexity index is 647. The van der Waals surface area contributed by atoms with E-state index in [9.17, 15) is 5.11 Å². The number of piperidine rings is 1. The number of nitrogens with zero attached hydrogens (tertiary/aromatic N) is 2. The second-order valence-electron chi connectivity index (χ2n) is 7.77. The molecule has 2 aliphatic heterocycles. The van der Waals surface area contributed by atoms with Crippen LogP contribution in [0.3, 0.4) is 0 Å². The van der Waals surface area contributed by atoms with Crippen LogP contribution in [-0.4, -0.2) is 53.0 Å². The molecule has 0 bridgehead atoms. The van der Waals surface area contributed by atoms with Gasteiger partial charge in [0, 0.05) is 30.9 Å². The van der Waals surface area contributed by atoms with Gasteiger partial charge in [-0.05, 0) is 39.2 Å². The first kappa shape index (κ1) is 19.7. The normalized spacial score (nSPS) is 29.1. The third-order valence-electron chi connectivity index (χ3n) is 5.38. The Kier molecular flexibility index (Phi) is 6.38. The van der Waals surface area contributed by atoms with Gasteiger partial charge in [-0.1, -0.05) is 19.3 Å². The van der Waals surface area contributed by atoms with Crippen LogP contribution in [0.2, 0.25) is 0 Å². The van der Waals surface area contributed by atoms with Crippen molar-refractivity contribution in [2.45, 2.75) is 70.6 Å². The summed E-state index contributed by atoms with van der Waals surface area (Å²) in [5, 5.41) is 22.9. The van der Waals surface area contributed by atoms with E-state index in [0.717, 1.165) is 6.42 Å². The van der Waals surface area contributed by atoms with Gasteiger partial charge in [0.2, 0.25) is 0 Å². The summed E-state index contributed by atoms with van der Waals surface area (Å²) in [6, 6.07) is 0.602. The first-order valence-electron chi connectivity index (χ1n) is 9.88. The van der Waals surface area contributed by atoms with Crippen molar-refractivity contribution in [1.82, 2.24) is 15.7 Å². The van der Waals surface area contributed by atoms with Crippen LogP contribution < -0.4 is 16.5 Å². The van der Waals surface area contributed by atoms with Crippen LogP contribution in [0, 0.1) is 5.41 Å². The maximum Gasteiger partial charge on any atom is 0.258 e. The summed E-state index contributed by atoms with van der Waals surface area (Å²) in [4.78, 5) is 11.5. The fourth-order valence-corrected chi connectivity index (χ4v) is 3.97. The first-order chi connectivity index (χ1) is 12.9. The summed E-state index contributed by atoms with van der Waals surface area (Å²) in [6.45, 7) is 4.67. The molecular formula is C19H32N6O2. The van der Waals surface area contributed by atoms with E-state index in [1.165, 1.54) is 32.1 Å². The number of β-amino-alcohol motifs (C(OH)–C–C–N with tert-alkyl or cyclic N) is 1. The highest BCUT2D eigenvalue weighted by Crippen LogP contribution is 2.23. The van der Waals surface area contributed by atoms with Crippen molar-refractivity contribution in [3.8, 4) is 0 Å². The predicted octanol–water partition coefficient (Wildman–Crippen LogP) is 1.35. The number of amidine groups is 2. The smallest absolute Gasteiger partial charge is 0.258 e. The number of hydrogen-bond donors (Lipinski definition) is 5. The van der Waals surface area contributed by atoms with E-state index in [1.807, 2.05) is 4.90 Å². The van der Waals surface area contributed by atoms with Crippen LogP contribution >= 0.6 is 0 Å². The standard InChI is InChI=1S/C19H32N6O2/c1-12(20)10-15(19-22-13(2)24-27-19)18(21)25-9-8-16(17(26)11-25)23-14-6-4-3-5-7-14/h10,14,16-17,21,23,26H,3-9,11,20H2,1-2H3,(H,22,24)/b12-10-,19-15?,21-18?/t16-,17-/m1/s1. The molecule has 8 heteroatoms. The van der Waals surface area contributed by atoms with Crippen molar-refractivity contribution < 1.29 is 9.94 Å². The van der Waals surface area contributed by atoms with Crippen molar-refractivity contribution in [1.29, 1.82) is 5.41 Å². The zero-order valence-corrected chi connectivity index (χ0v) is 16.3. The number of aliphatic hydroxyl groups excluding tert-OH is 1. The lowest BCUT2D eigenvalue weighted by Crippen LogP contribution is -2.56. The summed E-state index contributed by atoms with van der Waals surface area (Å²) >= 11 is 0. The van der Waals surface area contributed by atoms with Gasteiger partial charge < -0.3 is 25.9 Å². The molecule has 0 radical (unpaired) electrons. The molecule has 1 saturated carbocycles. The van der Waals surface area contributed by atoms with Crippen molar-refractivity contribution in [3.63, 3.8) is 0 Å². The minimum absolute atomic E-state index is 0.0877. The number of hydrogen-bond acceptors (Lipinski definition) is 7. The summed E-state index contributed by atoms with van der Waals surface area (Å²) in [6.07, 6.45) is 8.24. The minimum atomic E-state index is -0.511. The fourth-order valence-electron chi connectivity index (χ4n) is 3.97. The quantitative estimate of drug-likeness (QED) is 0.373. The van der Waals surface area contributed by atoms with Gasteiger partial charge in [0.25, 0.3) is 5.88 Å². The Morgan fingerprint density at radius 2 is 2.11 bits per heavy atom. The average molecular weight is 377 g/mol. The Morgan fingerprint density at radius 3 is 2.70 bits per heavy atom. The van der Waals surface area contributed by atoms with Gasteiger partial charge in [0.1, 0.15) is 11.7 Å². The molecule has 1 aliphatic carbocycles. The Morgan fingerprint density at radius 1 is 1.37 bits per heavy atom. The maximum absolute atomic E-state index is 10.7. The molecular weight excluding hydrogens is 344 g/mol. The highest BCUT2D eigenvalue weighted by molar-refractivity contribution is 5.99. The zero-order chi connectivity index (χ0) is 19.4. The molecule has 27 heavy (non-hydrogen) atoms. The molecule has 2 fully saturated rings. The first-order valence-corrected chi connectivity index (χ1v) is 9.88. The molecule has 0 amide bonds. The van der Waals surface area contributed by atoms with Gasteiger partial charge in [-0.15, -0.1) is 0 Å². The number of rotatable bonds is 4. The molecule has 8 nitrogen and oxygen atoms in total. The lowest BCUT2D eigenvalue weighted by atomic mass is 9.92. The molecule has 6 N–H and O–H groups in total. The number of likely N-dealkylation sites (tertiary alicyclic amines) is 1. The van der Waals surface area contributed by atoms with Gasteiger partial charge in [0.05, 0.1) is 11.7 Å². The molecule has 3 rings (SSSR count). The molecule has 1 saturated heterocycles. The average Bonchev–Trinajstić information content (AvgIpc) is 3.07. The van der Waals surface area contributed by atoms with E-state index in [1.54, 1.807) is 19.9 Å². The van der Waals surface area contributed by atoms with E-state index in [-0.39, 0.29) is 11.9 Å². The Balaban J connectivity index is 1.66. The third kappa shape index (κ3) is 5.01. The topological polar surface area (TPSA) is 119 Å². The fraction of sp³-hybridized carbons (Fsp3) is 0.684. The molecule has 0 aromatic carbocycles. The summed E-state index contributed by atoms with van der Waals surface area (Å²) in [5.41, 5.74) is 9.62. The van der Waals surface area contributed by atoms with Crippen LogP contribution in [0.15, 0.2) is 28.2 Å². The minimum Gasteiger partial charge on any atom is -0.402 e. The molecule has 0 spiro atoms. The highest BCUT2D eigenvalue weighted by atomic mass is 16.7. The lowest BCUT2D eigenvalue weighted by molar-refractivity contribution is 0.0597. The molecule has 3 aliphatic rings. The van der Waals surface area contributed by atoms with Crippen LogP contribution in [0.25, 0.3) is 0 Å². The molecule has 150 valence electrons. The van der Waals surface area contributed by atoms with E-state index in [4.69, 9.17) is 16.0 Å². The van der Waals surface area contributed by atoms with E-state index in [0.29, 0.717) is 42.1 Å². The van der Waals surface area contributed by atoms with Gasteiger partial charge in [-0.25, -0.2) is 5.48 Å². The third-order valence-corrected chi connectivity index (χ3v) is 5.38. The number of allylic oxidation sites excluding steroid dienone is 1. The number of aliphatic hydroxyl groups is 1. The van der Waals surface area contributed by atoms with Gasteiger partial charge in [-0.2, -0.15) is 4.99 Å². The SMILES string of the molecule is CC1=NC(=C(/C=C(/C)N)C(=N)N2CC[C@@H](NC3CCCCC3)[C@H](O)C2)ON1. The van der Waals surface area contributed by atoms with E-state index < -0.39 is 6.10 Å². The molecule has 0 aromatic heterocycles. The molecule has 2 atom stereocenters. The van der Waals surface area contributed by atoms with Crippen molar-refractivity contribution in [2.24, 2.45) is 10.7 Å². The van der Waals surface area contributed by atoms with Crippen molar-refractivity contribution in [3.05, 3.63) is 23.2 Å². The molecule has 0 aromatic rings. The second-order valence-corrected chi connectivity index (χ2v) is 7.77. The highest BCUT2D eigenvalue weighted by Gasteiger charge is 2.32. The summed E-state index contributed by atoms with van der Waals surface area (Å²) in [7, 11) is 0. The van der Waals surface area contributed by atoms with Crippen LogP contribution in [0.5, 0.6) is 0 Å². The Hall–Kier alpha value is -2.06. The van der Waals surface area contributed by atoms with E-state index >= 15 is 0 Å². The number of hydroxylamine groups is 1. The zero-order valence-electron chi connectivity index (χ0n) is 16.3.